The van der Waals surface area contributed by atoms with Crippen LogP contribution in [0.4, 0.5) is 0 Å². The van der Waals surface area contributed by atoms with E-state index < -0.39 is 0 Å². The summed E-state index contributed by atoms with van der Waals surface area (Å²) in [5, 5.41) is 1.73. The predicted molar refractivity (Wildman–Crippen MR) is 85.6 cm³/mol. The number of carbonyl (C=O) groups excluding carboxylic acids is 1. The van der Waals surface area contributed by atoms with E-state index in [9.17, 15) is 4.79 Å². The van der Waals surface area contributed by atoms with Gasteiger partial charge in [0.2, 0.25) is 0 Å². The maximum absolute atomic E-state index is 12.3. The van der Waals surface area contributed by atoms with Crippen molar-refractivity contribution in [2.45, 2.75) is 12.8 Å². The van der Waals surface area contributed by atoms with Gasteiger partial charge < -0.3 is 0 Å². The van der Waals surface area contributed by atoms with Gasteiger partial charge >= 0.3 is 0 Å². The van der Waals surface area contributed by atoms with E-state index in [-0.39, 0.29) is 5.78 Å². The highest BCUT2D eigenvalue weighted by Crippen LogP contribution is 2.18. The molecule has 3 aromatic rings. The van der Waals surface area contributed by atoms with E-state index in [4.69, 9.17) is 11.6 Å². The summed E-state index contributed by atoms with van der Waals surface area (Å²) in [6.45, 7) is 0. The maximum Gasteiger partial charge on any atom is 0.141 e. The first-order valence-corrected chi connectivity index (χ1v) is 7.19. The summed E-state index contributed by atoms with van der Waals surface area (Å²) in [6.07, 6.45) is 2.60. The molecule has 0 radical (unpaired) electrons. The second-order valence-electron chi connectivity index (χ2n) is 5.01. The van der Waals surface area contributed by atoms with Crippen LogP contribution in [0.25, 0.3) is 10.9 Å². The van der Waals surface area contributed by atoms with Crippen LogP contribution in [0.1, 0.15) is 11.1 Å². The first kappa shape index (κ1) is 13.8. The Morgan fingerprint density at radius 1 is 0.952 bits per heavy atom. The number of ketones is 1. The average Bonchev–Trinajstić information content (AvgIpc) is 2.50. The Kier molecular flexibility index (Phi) is 3.98. The maximum atomic E-state index is 12.3. The number of Topliss-reactive ketones (excluding diaryl/α,β-unsaturated/α-hetero) is 1. The van der Waals surface area contributed by atoms with Crippen LogP contribution in [-0.4, -0.2) is 10.8 Å². The zero-order valence-corrected chi connectivity index (χ0v) is 12.2. The lowest BCUT2D eigenvalue weighted by molar-refractivity contribution is -0.117. The summed E-state index contributed by atoms with van der Waals surface area (Å²) >= 11 is 5.85. The van der Waals surface area contributed by atoms with Crippen LogP contribution in [0, 0.1) is 0 Å². The zero-order valence-electron chi connectivity index (χ0n) is 11.4. The molecule has 3 rings (SSSR count). The number of aromatic nitrogens is 1. The Balaban J connectivity index is 1.79. The molecule has 2 nitrogen and oxygen atoms in total. The summed E-state index contributed by atoms with van der Waals surface area (Å²) in [4.78, 5) is 16.6. The minimum atomic E-state index is 0.189. The number of rotatable bonds is 4. The smallest absolute Gasteiger partial charge is 0.141 e. The highest BCUT2D eigenvalue weighted by Gasteiger charge is 2.08. The van der Waals surface area contributed by atoms with Crippen LogP contribution in [0.3, 0.4) is 0 Å². The Morgan fingerprint density at radius 3 is 2.52 bits per heavy atom. The molecule has 3 heteroatoms. The molecule has 1 heterocycles. The fourth-order valence-corrected chi connectivity index (χ4v) is 2.54. The third-order valence-electron chi connectivity index (χ3n) is 3.44. The van der Waals surface area contributed by atoms with E-state index in [2.05, 4.69) is 4.98 Å². The van der Waals surface area contributed by atoms with E-state index in [1.807, 2.05) is 54.6 Å². The number of pyridine rings is 1. The molecule has 0 N–H and O–H groups in total. The van der Waals surface area contributed by atoms with Gasteiger partial charge in [0, 0.05) is 29.4 Å². The molecule has 0 aliphatic carbocycles. The first-order chi connectivity index (χ1) is 10.2. The largest absolute Gasteiger partial charge is 0.299 e. The van der Waals surface area contributed by atoms with E-state index in [1.165, 1.54) is 0 Å². The zero-order chi connectivity index (χ0) is 14.7. The van der Waals surface area contributed by atoms with Crippen molar-refractivity contribution in [1.29, 1.82) is 0 Å². The summed E-state index contributed by atoms with van der Waals surface area (Å²) in [5.74, 6) is 0.189. The average molecular weight is 296 g/mol. The third-order valence-corrected chi connectivity index (χ3v) is 3.69. The fourth-order valence-electron chi connectivity index (χ4n) is 2.41. The number of hydrogen-bond acceptors (Lipinski definition) is 2. The molecule has 0 saturated heterocycles. The minimum Gasteiger partial charge on any atom is -0.299 e. The van der Waals surface area contributed by atoms with E-state index in [1.54, 1.807) is 6.20 Å². The van der Waals surface area contributed by atoms with Crippen molar-refractivity contribution in [1.82, 2.24) is 4.98 Å². The molecule has 2 aromatic carbocycles. The molecule has 0 spiro atoms. The normalized spacial score (nSPS) is 10.7. The second kappa shape index (κ2) is 6.06. The molecule has 0 aliphatic heterocycles. The molecule has 104 valence electrons. The van der Waals surface area contributed by atoms with Crippen molar-refractivity contribution in [3.63, 3.8) is 0 Å². The molecule has 0 fully saturated rings. The summed E-state index contributed by atoms with van der Waals surface area (Å²) in [7, 11) is 0. The summed E-state index contributed by atoms with van der Waals surface area (Å²) < 4.78 is 0. The highest BCUT2D eigenvalue weighted by molar-refractivity contribution is 6.30. The van der Waals surface area contributed by atoms with Crippen LogP contribution in [0.2, 0.25) is 5.02 Å². The number of hydrogen-bond donors (Lipinski definition) is 0. The van der Waals surface area contributed by atoms with Crippen molar-refractivity contribution in [3.8, 4) is 0 Å². The number of halogens is 1. The Hall–Kier alpha value is -2.19. The van der Waals surface area contributed by atoms with Crippen LogP contribution >= 0.6 is 11.6 Å². The van der Waals surface area contributed by atoms with Crippen molar-refractivity contribution < 1.29 is 4.79 Å². The molecule has 1 aromatic heterocycles. The van der Waals surface area contributed by atoms with Gasteiger partial charge in [0.15, 0.2) is 0 Å². The van der Waals surface area contributed by atoms with E-state index in [0.29, 0.717) is 17.9 Å². The molecule has 0 unspecified atom stereocenters. The molecule has 0 bridgehead atoms. The lowest BCUT2D eigenvalue weighted by atomic mass is 10.0. The summed E-state index contributed by atoms with van der Waals surface area (Å²) in [5.41, 5.74) is 2.94. The topological polar surface area (TPSA) is 30.0 Å². The van der Waals surface area contributed by atoms with Gasteiger partial charge in [-0.05, 0) is 35.4 Å². The summed E-state index contributed by atoms with van der Waals surface area (Å²) in [6, 6.07) is 17.2. The van der Waals surface area contributed by atoms with E-state index in [0.717, 1.165) is 22.0 Å². The van der Waals surface area contributed by atoms with Gasteiger partial charge in [0.25, 0.3) is 0 Å². The van der Waals surface area contributed by atoms with Crippen molar-refractivity contribution in [2.24, 2.45) is 0 Å². The quantitative estimate of drug-likeness (QED) is 0.720. The van der Waals surface area contributed by atoms with Crippen LogP contribution in [-0.2, 0) is 17.6 Å². The SMILES string of the molecule is O=C(Cc1ccc(Cl)cc1)Cc1ccnc2ccccc12. The highest BCUT2D eigenvalue weighted by atomic mass is 35.5. The monoisotopic (exact) mass is 295 g/mol. The predicted octanol–water partition coefficient (Wildman–Crippen LogP) is 4.24. The molecular weight excluding hydrogens is 282 g/mol. The second-order valence-corrected chi connectivity index (χ2v) is 5.44. The fraction of sp³-hybridized carbons (Fsp3) is 0.111. The van der Waals surface area contributed by atoms with Crippen molar-refractivity contribution in [2.75, 3.05) is 0 Å². The molecule has 0 atom stereocenters. The number of carbonyl (C=O) groups is 1. The van der Waals surface area contributed by atoms with Crippen molar-refractivity contribution in [3.05, 3.63) is 76.9 Å². The van der Waals surface area contributed by atoms with Gasteiger partial charge in [0.1, 0.15) is 5.78 Å². The Bertz CT molecular complexity index is 775. The third kappa shape index (κ3) is 3.29. The minimum absolute atomic E-state index is 0.189. The van der Waals surface area contributed by atoms with Crippen LogP contribution in [0.15, 0.2) is 60.8 Å². The number of nitrogens with zero attached hydrogens (tertiary/aromatic N) is 1. The van der Waals surface area contributed by atoms with Gasteiger partial charge in [-0.3, -0.25) is 9.78 Å². The van der Waals surface area contributed by atoms with Gasteiger partial charge in [0.05, 0.1) is 5.52 Å². The Morgan fingerprint density at radius 2 is 1.71 bits per heavy atom. The lowest BCUT2D eigenvalue weighted by Crippen LogP contribution is -2.07. The number of para-hydroxylation sites is 1. The van der Waals surface area contributed by atoms with Gasteiger partial charge in [-0.25, -0.2) is 0 Å². The van der Waals surface area contributed by atoms with Crippen molar-refractivity contribution >= 4 is 28.3 Å². The molecule has 21 heavy (non-hydrogen) atoms. The van der Waals surface area contributed by atoms with Gasteiger partial charge in [-0.2, -0.15) is 0 Å². The lowest BCUT2D eigenvalue weighted by Gasteiger charge is -2.06. The molecule has 0 aliphatic rings. The molecule has 0 saturated carbocycles. The number of fused-ring (bicyclic) bond motifs is 1. The Labute approximate surface area is 128 Å². The molecule has 0 amide bonds. The van der Waals surface area contributed by atoms with Crippen LogP contribution < -0.4 is 0 Å². The van der Waals surface area contributed by atoms with Crippen LogP contribution in [0.5, 0.6) is 0 Å². The van der Waals surface area contributed by atoms with Gasteiger partial charge in [-0.1, -0.05) is 41.9 Å². The van der Waals surface area contributed by atoms with E-state index >= 15 is 0 Å². The standard InChI is InChI=1S/C18H14ClNO/c19-15-7-5-13(6-8-15)11-16(21)12-14-9-10-20-18-4-2-1-3-17(14)18/h1-10H,11-12H2. The first-order valence-electron chi connectivity index (χ1n) is 6.81. The number of benzene rings is 2. The molecular formula is C18H14ClNO. The van der Waals surface area contributed by atoms with Gasteiger partial charge in [-0.15, -0.1) is 0 Å².